The molecule has 6 heteroatoms. The molecule has 1 aliphatic rings. The smallest absolute Gasteiger partial charge is 0.220 e. The summed E-state index contributed by atoms with van der Waals surface area (Å²) < 4.78 is 11.5. The number of aromatic amines is 1. The highest BCUT2D eigenvalue weighted by molar-refractivity contribution is 5.77. The molecule has 1 amide bonds. The van der Waals surface area contributed by atoms with Gasteiger partial charge >= 0.3 is 0 Å². The monoisotopic (exact) mass is 329 g/mol. The molecular formula is C18H23N3O3. The molecule has 0 aliphatic carbocycles. The summed E-state index contributed by atoms with van der Waals surface area (Å²) in [7, 11) is 0. The van der Waals surface area contributed by atoms with Gasteiger partial charge < -0.3 is 14.8 Å². The van der Waals surface area contributed by atoms with Gasteiger partial charge in [-0.1, -0.05) is 19.1 Å². The minimum Gasteiger partial charge on any atom is -0.486 e. The van der Waals surface area contributed by atoms with E-state index in [1.165, 1.54) is 0 Å². The van der Waals surface area contributed by atoms with Gasteiger partial charge in [0.25, 0.3) is 0 Å². The van der Waals surface area contributed by atoms with E-state index in [0.29, 0.717) is 19.6 Å². The predicted octanol–water partition coefficient (Wildman–Crippen LogP) is 2.48. The Morgan fingerprint density at radius 3 is 2.83 bits per heavy atom. The number of ether oxygens (including phenoxy) is 2. The van der Waals surface area contributed by atoms with Crippen molar-refractivity contribution in [2.24, 2.45) is 0 Å². The summed E-state index contributed by atoms with van der Waals surface area (Å²) >= 11 is 0. The number of aromatic nitrogens is 2. The highest BCUT2D eigenvalue weighted by atomic mass is 16.6. The number of carbonyl (C=O) groups is 1. The number of hydrogen-bond donors (Lipinski definition) is 2. The Bertz CT molecular complexity index is 707. The number of para-hydroxylation sites is 2. The number of nitrogens with zero attached hydrogens (tertiary/aromatic N) is 1. The molecule has 24 heavy (non-hydrogen) atoms. The molecular weight excluding hydrogens is 306 g/mol. The maximum atomic E-state index is 12.2. The summed E-state index contributed by atoms with van der Waals surface area (Å²) in [6, 6.07) is 7.56. The Hall–Kier alpha value is -2.50. The van der Waals surface area contributed by atoms with E-state index in [-0.39, 0.29) is 17.9 Å². The molecule has 0 unspecified atom stereocenters. The van der Waals surface area contributed by atoms with Crippen LogP contribution in [0.1, 0.15) is 36.2 Å². The second-order valence-corrected chi connectivity index (χ2v) is 6.25. The Morgan fingerprint density at radius 1 is 1.38 bits per heavy atom. The summed E-state index contributed by atoms with van der Waals surface area (Å²) in [5.41, 5.74) is 3.10. The lowest BCUT2D eigenvalue weighted by molar-refractivity contribution is -0.121. The van der Waals surface area contributed by atoms with Crippen LogP contribution in [0.25, 0.3) is 0 Å². The van der Waals surface area contributed by atoms with Crippen molar-refractivity contribution >= 4 is 5.91 Å². The molecule has 0 spiro atoms. The quantitative estimate of drug-likeness (QED) is 0.883. The predicted molar refractivity (Wildman–Crippen MR) is 90.5 cm³/mol. The van der Waals surface area contributed by atoms with Crippen LogP contribution in [0, 0.1) is 13.8 Å². The molecule has 2 heterocycles. The molecule has 1 aromatic carbocycles. The molecule has 2 atom stereocenters. The molecule has 6 nitrogen and oxygen atoms in total. The first-order valence-corrected chi connectivity index (χ1v) is 8.21. The van der Waals surface area contributed by atoms with Crippen LogP contribution in [0.3, 0.4) is 0 Å². The van der Waals surface area contributed by atoms with Crippen molar-refractivity contribution < 1.29 is 14.3 Å². The molecule has 0 bridgehead atoms. The van der Waals surface area contributed by atoms with Crippen molar-refractivity contribution in [3.8, 4) is 11.5 Å². The van der Waals surface area contributed by atoms with Crippen molar-refractivity contribution in [3.63, 3.8) is 0 Å². The number of amides is 1. The van der Waals surface area contributed by atoms with Crippen molar-refractivity contribution in [1.29, 1.82) is 0 Å². The van der Waals surface area contributed by atoms with Crippen LogP contribution in [0.2, 0.25) is 0 Å². The lowest BCUT2D eigenvalue weighted by Gasteiger charge is -2.26. The minimum absolute atomic E-state index is 0.00459. The van der Waals surface area contributed by atoms with Gasteiger partial charge in [0.05, 0.1) is 12.2 Å². The van der Waals surface area contributed by atoms with Crippen LogP contribution < -0.4 is 14.8 Å². The number of aryl methyl sites for hydroxylation is 2. The van der Waals surface area contributed by atoms with Gasteiger partial charge in [0, 0.05) is 12.1 Å². The standard InChI is InChI=1S/C18H23N3O3/c1-11(18-12(2)20-21-13(18)3)8-17(22)19-9-14-10-23-15-6-4-5-7-16(15)24-14/h4-7,11,14H,8-10H2,1-3H3,(H,19,22)(H,20,21)/t11-,14-/m0/s1. The van der Waals surface area contributed by atoms with Gasteiger partial charge in [-0.15, -0.1) is 0 Å². The Morgan fingerprint density at radius 2 is 2.12 bits per heavy atom. The van der Waals surface area contributed by atoms with Gasteiger partial charge in [0.2, 0.25) is 5.91 Å². The third-order valence-electron chi connectivity index (χ3n) is 4.26. The molecule has 2 N–H and O–H groups in total. The molecule has 0 fully saturated rings. The molecule has 0 radical (unpaired) electrons. The van der Waals surface area contributed by atoms with Gasteiger partial charge in [0.1, 0.15) is 12.7 Å². The van der Waals surface area contributed by atoms with E-state index >= 15 is 0 Å². The third kappa shape index (κ3) is 3.53. The van der Waals surface area contributed by atoms with E-state index in [2.05, 4.69) is 15.5 Å². The highest BCUT2D eigenvalue weighted by Crippen LogP contribution is 2.30. The van der Waals surface area contributed by atoms with Gasteiger partial charge in [-0.05, 0) is 37.5 Å². The second-order valence-electron chi connectivity index (χ2n) is 6.25. The number of rotatable bonds is 5. The number of carbonyl (C=O) groups excluding carboxylic acids is 1. The van der Waals surface area contributed by atoms with Crippen molar-refractivity contribution in [3.05, 3.63) is 41.2 Å². The van der Waals surface area contributed by atoms with Crippen LogP contribution in [-0.2, 0) is 4.79 Å². The molecule has 1 aliphatic heterocycles. The summed E-state index contributed by atoms with van der Waals surface area (Å²) in [5, 5.41) is 10.1. The number of nitrogens with one attached hydrogen (secondary N) is 2. The first-order valence-electron chi connectivity index (χ1n) is 8.21. The lowest BCUT2D eigenvalue weighted by Crippen LogP contribution is -2.41. The van der Waals surface area contributed by atoms with Crippen LogP contribution in [0.5, 0.6) is 11.5 Å². The fraction of sp³-hybridized carbons (Fsp3) is 0.444. The maximum absolute atomic E-state index is 12.2. The Labute approximate surface area is 141 Å². The van der Waals surface area contributed by atoms with Gasteiger partial charge in [-0.3, -0.25) is 9.89 Å². The lowest BCUT2D eigenvalue weighted by atomic mass is 9.95. The number of benzene rings is 1. The van der Waals surface area contributed by atoms with Crippen LogP contribution >= 0.6 is 0 Å². The summed E-state index contributed by atoms with van der Waals surface area (Å²) in [4.78, 5) is 12.2. The first-order chi connectivity index (χ1) is 11.5. The minimum atomic E-state index is -0.170. The van der Waals surface area contributed by atoms with Crippen molar-refractivity contribution in [2.75, 3.05) is 13.2 Å². The largest absolute Gasteiger partial charge is 0.486 e. The van der Waals surface area contributed by atoms with Gasteiger partial charge in [-0.2, -0.15) is 5.10 Å². The normalized spacial score (nSPS) is 17.4. The fourth-order valence-electron chi connectivity index (χ4n) is 3.13. The first kappa shape index (κ1) is 16.4. The summed E-state index contributed by atoms with van der Waals surface area (Å²) in [5.74, 6) is 1.60. The van der Waals surface area contributed by atoms with E-state index in [0.717, 1.165) is 28.5 Å². The van der Waals surface area contributed by atoms with Crippen LogP contribution in [0.4, 0.5) is 0 Å². The van der Waals surface area contributed by atoms with Gasteiger partial charge in [-0.25, -0.2) is 0 Å². The van der Waals surface area contributed by atoms with E-state index < -0.39 is 0 Å². The van der Waals surface area contributed by atoms with Crippen molar-refractivity contribution in [1.82, 2.24) is 15.5 Å². The zero-order chi connectivity index (χ0) is 17.1. The zero-order valence-electron chi connectivity index (χ0n) is 14.3. The number of H-pyrrole nitrogens is 1. The Balaban J connectivity index is 1.50. The Kier molecular flexibility index (Phi) is 4.74. The average Bonchev–Trinajstić information content (AvgIpc) is 2.91. The molecule has 128 valence electrons. The molecule has 0 saturated carbocycles. The SMILES string of the molecule is Cc1n[nH]c(C)c1[C@@H](C)CC(=O)NC[C@H]1COc2ccccc2O1. The maximum Gasteiger partial charge on any atom is 0.220 e. The van der Waals surface area contributed by atoms with E-state index in [1.807, 2.05) is 45.0 Å². The molecule has 1 aromatic heterocycles. The summed E-state index contributed by atoms with van der Waals surface area (Å²) in [6.07, 6.45) is 0.252. The zero-order valence-corrected chi connectivity index (χ0v) is 14.3. The average molecular weight is 329 g/mol. The van der Waals surface area contributed by atoms with Crippen molar-refractivity contribution in [2.45, 2.75) is 39.2 Å². The van der Waals surface area contributed by atoms with Crippen LogP contribution in [-0.4, -0.2) is 35.4 Å². The fourth-order valence-corrected chi connectivity index (χ4v) is 3.13. The van der Waals surface area contributed by atoms with E-state index in [4.69, 9.17) is 9.47 Å². The molecule has 3 rings (SSSR count). The third-order valence-corrected chi connectivity index (χ3v) is 4.26. The molecule has 2 aromatic rings. The number of fused-ring (bicyclic) bond motifs is 1. The topological polar surface area (TPSA) is 76.2 Å². The number of hydrogen-bond acceptors (Lipinski definition) is 4. The highest BCUT2D eigenvalue weighted by Gasteiger charge is 2.22. The van der Waals surface area contributed by atoms with Crippen LogP contribution in [0.15, 0.2) is 24.3 Å². The van der Waals surface area contributed by atoms with Gasteiger partial charge in [0.15, 0.2) is 11.5 Å². The van der Waals surface area contributed by atoms with E-state index in [9.17, 15) is 4.79 Å². The molecule has 0 saturated heterocycles. The van der Waals surface area contributed by atoms with E-state index in [1.54, 1.807) is 0 Å². The summed E-state index contributed by atoms with van der Waals surface area (Å²) in [6.45, 7) is 6.85. The second kappa shape index (κ2) is 6.95.